The van der Waals surface area contributed by atoms with E-state index < -0.39 is 20.7 Å². The van der Waals surface area contributed by atoms with Crippen molar-refractivity contribution in [2.24, 2.45) is 0 Å². The van der Waals surface area contributed by atoms with Crippen molar-refractivity contribution in [3.05, 3.63) is 28.7 Å². The highest BCUT2D eigenvalue weighted by Crippen LogP contribution is 2.41. The Morgan fingerprint density at radius 3 is 2.31 bits per heavy atom. The van der Waals surface area contributed by atoms with E-state index in [1.165, 1.54) is 13.8 Å². The Balaban J connectivity index is 2.55. The number of para-hydroxylation sites is 1. The van der Waals surface area contributed by atoms with Gasteiger partial charge in [-0.05, 0) is 41.9 Å². The summed E-state index contributed by atoms with van der Waals surface area (Å²) in [6, 6.07) is 6.74. The number of halogens is 1. The van der Waals surface area contributed by atoms with Crippen LogP contribution in [0.1, 0.15) is 13.8 Å². The summed E-state index contributed by atoms with van der Waals surface area (Å²) in [5.74, 6) is -0.403. The average molecular weight is 304 g/mol. The number of nitrogens with zero attached hydrogens (tertiary/aromatic N) is 1. The molecule has 1 heterocycles. The van der Waals surface area contributed by atoms with Crippen LogP contribution in [0.25, 0.3) is 0 Å². The third-order valence-corrected chi connectivity index (χ3v) is 5.63. The highest BCUT2D eigenvalue weighted by molar-refractivity contribution is 9.10. The monoisotopic (exact) mass is 303 g/mol. The molecule has 6 heteroatoms. The van der Waals surface area contributed by atoms with E-state index in [1.54, 1.807) is 24.3 Å². The Bertz CT molecular complexity index is 565. The molecule has 1 aromatic rings. The first-order chi connectivity index (χ1) is 7.30. The summed E-state index contributed by atoms with van der Waals surface area (Å²) in [5.41, 5.74) is 0.367. The Kier molecular flexibility index (Phi) is 2.40. The molecule has 4 nitrogen and oxygen atoms in total. The molecule has 0 unspecified atom stereocenters. The molecule has 16 heavy (non-hydrogen) atoms. The highest BCUT2D eigenvalue weighted by atomic mass is 79.9. The van der Waals surface area contributed by atoms with Crippen LogP contribution in [-0.2, 0) is 14.8 Å². The second-order valence-corrected chi connectivity index (χ2v) is 7.23. The van der Waals surface area contributed by atoms with Crippen molar-refractivity contribution in [3.8, 4) is 0 Å². The second-order valence-electron chi connectivity index (χ2n) is 4.04. The molecule has 1 fully saturated rings. The number of amides is 1. The zero-order chi connectivity index (χ0) is 12.1. The molecule has 0 radical (unpaired) electrons. The van der Waals surface area contributed by atoms with E-state index in [1.807, 2.05) is 0 Å². The molecular formula is C10H10BrNO3S. The van der Waals surface area contributed by atoms with Gasteiger partial charge in [-0.1, -0.05) is 12.1 Å². The number of anilines is 1. The van der Waals surface area contributed by atoms with Gasteiger partial charge in [-0.15, -0.1) is 0 Å². The van der Waals surface area contributed by atoms with Gasteiger partial charge in [-0.3, -0.25) is 4.79 Å². The molecule has 1 aliphatic rings. The van der Waals surface area contributed by atoms with Crippen molar-refractivity contribution in [3.63, 3.8) is 0 Å². The maximum atomic E-state index is 11.9. The van der Waals surface area contributed by atoms with E-state index in [2.05, 4.69) is 15.9 Å². The van der Waals surface area contributed by atoms with E-state index >= 15 is 0 Å². The Labute approximate surface area is 102 Å². The van der Waals surface area contributed by atoms with E-state index in [4.69, 9.17) is 0 Å². The van der Waals surface area contributed by atoms with Gasteiger partial charge >= 0.3 is 0 Å². The summed E-state index contributed by atoms with van der Waals surface area (Å²) in [4.78, 5) is 11.8. The maximum Gasteiger partial charge on any atom is 0.263 e. The normalized spacial score (nSPS) is 21.7. The molecule has 1 saturated heterocycles. The molecule has 0 atom stereocenters. The first-order valence-corrected chi connectivity index (χ1v) is 6.87. The lowest BCUT2D eigenvalue weighted by Gasteiger charge is -2.43. The lowest BCUT2D eigenvalue weighted by molar-refractivity contribution is -0.120. The zero-order valence-corrected chi connectivity index (χ0v) is 11.2. The van der Waals surface area contributed by atoms with Gasteiger partial charge in [0, 0.05) is 4.47 Å². The summed E-state index contributed by atoms with van der Waals surface area (Å²) in [5, 5.41) is 0. The molecule has 0 saturated carbocycles. The van der Waals surface area contributed by atoms with E-state index in [9.17, 15) is 13.2 Å². The van der Waals surface area contributed by atoms with Crippen molar-refractivity contribution in [1.82, 2.24) is 0 Å². The average Bonchev–Trinajstić information content (AvgIpc) is 2.20. The minimum atomic E-state index is -3.57. The van der Waals surface area contributed by atoms with Gasteiger partial charge in [0.2, 0.25) is 0 Å². The SMILES string of the molecule is CC1(C)C(=O)N(c2ccccc2Br)S1(=O)=O. The molecular weight excluding hydrogens is 294 g/mol. The predicted octanol–water partition coefficient (Wildman–Crippen LogP) is 1.90. The topological polar surface area (TPSA) is 54.5 Å². The minimum Gasteiger partial charge on any atom is -0.272 e. The molecule has 0 spiro atoms. The fourth-order valence-electron chi connectivity index (χ4n) is 1.51. The van der Waals surface area contributed by atoms with Crippen molar-refractivity contribution in [1.29, 1.82) is 0 Å². The summed E-state index contributed by atoms with van der Waals surface area (Å²) >= 11 is 3.23. The zero-order valence-electron chi connectivity index (χ0n) is 8.77. The number of carbonyl (C=O) groups excluding carboxylic acids is 1. The standard InChI is InChI=1S/C10H10BrNO3S/c1-10(2)9(13)12(16(10,14)15)8-6-4-3-5-7(8)11/h3-6H,1-2H3. The van der Waals surface area contributed by atoms with Gasteiger partial charge < -0.3 is 0 Å². The summed E-state index contributed by atoms with van der Waals surface area (Å²) in [6.45, 7) is 2.83. The number of benzene rings is 1. The quantitative estimate of drug-likeness (QED) is 0.796. The van der Waals surface area contributed by atoms with Crippen LogP contribution >= 0.6 is 15.9 Å². The van der Waals surface area contributed by atoms with Gasteiger partial charge in [0.1, 0.15) is 0 Å². The lowest BCUT2D eigenvalue weighted by Crippen LogP contribution is -2.67. The van der Waals surface area contributed by atoms with Crippen LogP contribution in [0.3, 0.4) is 0 Å². The van der Waals surface area contributed by atoms with Crippen molar-refractivity contribution in [2.75, 3.05) is 4.31 Å². The van der Waals surface area contributed by atoms with Gasteiger partial charge in [-0.25, -0.2) is 12.7 Å². The van der Waals surface area contributed by atoms with Crippen LogP contribution in [0.5, 0.6) is 0 Å². The minimum absolute atomic E-state index is 0.367. The second kappa shape index (κ2) is 3.30. The first-order valence-electron chi connectivity index (χ1n) is 4.64. The number of hydrogen-bond acceptors (Lipinski definition) is 3. The van der Waals surface area contributed by atoms with E-state index in [-0.39, 0.29) is 0 Å². The molecule has 0 aromatic heterocycles. The Morgan fingerprint density at radius 2 is 1.81 bits per heavy atom. The predicted molar refractivity (Wildman–Crippen MR) is 64.6 cm³/mol. The molecule has 1 aromatic carbocycles. The smallest absolute Gasteiger partial charge is 0.263 e. The van der Waals surface area contributed by atoms with E-state index in [0.717, 1.165) is 4.31 Å². The number of carbonyl (C=O) groups is 1. The molecule has 0 bridgehead atoms. The van der Waals surface area contributed by atoms with Crippen LogP contribution in [0, 0.1) is 0 Å². The third kappa shape index (κ3) is 1.26. The first kappa shape index (κ1) is 11.6. The van der Waals surface area contributed by atoms with Gasteiger partial charge in [0.25, 0.3) is 15.9 Å². The van der Waals surface area contributed by atoms with Crippen molar-refractivity contribution < 1.29 is 13.2 Å². The summed E-state index contributed by atoms with van der Waals surface area (Å²) in [7, 11) is -3.57. The molecule has 2 rings (SSSR count). The highest BCUT2D eigenvalue weighted by Gasteiger charge is 2.61. The lowest BCUT2D eigenvalue weighted by atomic mass is 10.1. The summed E-state index contributed by atoms with van der Waals surface area (Å²) in [6.07, 6.45) is 0. The number of rotatable bonds is 1. The molecule has 86 valence electrons. The summed E-state index contributed by atoms with van der Waals surface area (Å²) < 4.78 is 23.9. The fourth-order valence-corrected chi connectivity index (χ4v) is 3.59. The largest absolute Gasteiger partial charge is 0.272 e. The molecule has 0 aliphatic carbocycles. The maximum absolute atomic E-state index is 11.9. The Hall–Kier alpha value is -0.880. The van der Waals surface area contributed by atoms with Gasteiger partial charge in [0.05, 0.1) is 5.69 Å². The van der Waals surface area contributed by atoms with Crippen LogP contribution in [0.15, 0.2) is 28.7 Å². The molecule has 1 amide bonds. The van der Waals surface area contributed by atoms with Crippen LogP contribution in [0.2, 0.25) is 0 Å². The van der Waals surface area contributed by atoms with Crippen LogP contribution < -0.4 is 4.31 Å². The number of sulfonamides is 1. The third-order valence-electron chi connectivity index (χ3n) is 2.66. The number of hydrogen-bond donors (Lipinski definition) is 0. The molecule has 1 aliphatic heterocycles. The van der Waals surface area contributed by atoms with Crippen molar-refractivity contribution >= 4 is 37.5 Å². The molecule has 0 N–H and O–H groups in total. The van der Waals surface area contributed by atoms with Gasteiger partial charge in [0.15, 0.2) is 4.75 Å². The Morgan fingerprint density at radius 1 is 1.25 bits per heavy atom. The van der Waals surface area contributed by atoms with Crippen LogP contribution in [-0.4, -0.2) is 19.1 Å². The van der Waals surface area contributed by atoms with Crippen LogP contribution in [0.4, 0.5) is 5.69 Å². The van der Waals surface area contributed by atoms with E-state index in [0.29, 0.717) is 10.2 Å². The van der Waals surface area contributed by atoms with Gasteiger partial charge in [-0.2, -0.15) is 0 Å². The van der Waals surface area contributed by atoms with Crippen molar-refractivity contribution in [2.45, 2.75) is 18.6 Å². The fraction of sp³-hybridized carbons (Fsp3) is 0.300.